The average molecular weight is 439 g/mol. The molecule has 1 fully saturated rings. The van der Waals surface area contributed by atoms with Crippen molar-refractivity contribution in [3.63, 3.8) is 0 Å². The molecule has 1 saturated heterocycles. The third kappa shape index (κ3) is 4.49. The highest BCUT2D eigenvalue weighted by Crippen LogP contribution is 2.27. The minimum absolute atomic E-state index is 0.515. The van der Waals surface area contributed by atoms with Gasteiger partial charge in [0.05, 0.1) is 31.8 Å². The average Bonchev–Trinajstić information content (AvgIpc) is 3.56. The first-order valence-corrected chi connectivity index (χ1v) is 11.1. The number of hydrogen-bond donors (Lipinski definition) is 0. The van der Waals surface area contributed by atoms with Crippen LogP contribution >= 0.6 is 11.8 Å². The molecule has 3 aromatic heterocycles. The predicted molar refractivity (Wildman–Crippen MR) is 115 cm³/mol. The zero-order valence-corrected chi connectivity index (χ0v) is 17.9. The van der Waals surface area contributed by atoms with Crippen molar-refractivity contribution in [3.8, 4) is 11.5 Å². The van der Waals surface area contributed by atoms with E-state index in [0.29, 0.717) is 37.2 Å². The number of anilines is 1. The molecule has 4 aromatic rings. The van der Waals surface area contributed by atoms with E-state index in [1.807, 2.05) is 43.3 Å². The van der Waals surface area contributed by atoms with Crippen LogP contribution in [0.3, 0.4) is 0 Å². The molecule has 4 heterocycles. The number of thioether (sulfide) groups is 1. The smallest absolute Gasteiger partial charge is 0.257 e. The zero-order valence-electron chi connectivity index (χ0n) is 17.1. The minimum Gasteiger partial charge on any atom is -0.467 e. The Balaban J connectivity index is 1.34. The van der Waals surface area contributed by atoms with E-state index in [2.05, 4.69) is 29.8 Å². The fraction of sp³-hybridized carbons (Fsp3) is 0.333. The summed E-state index contributed by atoms with van der Waals surface area (Å²) in [5.41, 5.74) is 2.09. The van der Waals surface area contributed by atoms with Crippen LogP contribution in [0, 0.1) is 6.92 Å². The number of furan rings is 1. The van der Waals surface area contributed by atoms with Crippen molar-refractivity contribution in [2.75, 3.05) is 31.2 Å². The molecule has 0 saturated carbocycles. The molecule has 0 spiro atoms. The molecule has 1 aromatic carbocycles. The zero-order chi connectivity index (χ0) is 21.0. The lowest BCUT2D eigenvalue weighted by Gasteiger charge is -2.27. The van der Waals surface area contributed by atoms with Crippen LogP contribution in [0.2, 0.25) is 0 Å². The van der Waals surface area contributed by atoms with Gasteiger partial charge in [0.1, 0.15) is 5.76 Å². The van der Waals surface area contributed by atoms with Gasteiger partial charge in [0, 0.05) is 18.7 Å². The molecule has 0 atom stereocenters. The lowest BCUT2D eigenvalue weighted by atomic mass is 10.1. The summed E-state index contributed by atoms with van der Waals surface area (Å²) in [4.78, 5) is 6.71. The second-order valence-electron chi connectivity index (χ2n) is 7.22. The Morgan fingerprint density at radius 2 is 1.90 bits per heavy atom. The number of benzene rings is 1. The van der Waals surface area contributed by atoms with Crippen LogP contribution in [0.1, 0.15) is 17.1 Å². The van der Waals surface area contributed by atoms with Crippen LogP contribution in [-0.4, -0.2) is 51.2 Å². The van der Waals surface area contributed by atoms with Crippen molar-refractivity contribution in [2.45, 2.75) is 24.4 Å². The number of aryl methyl sites for hydroxylation is 1. The van der Waals surface area contributed by atoms with Crippen molar-refractivity contribution in [2.24, 2.45) is 0 Å². The Labute approximate surface area is 183 Å². The van der Waals surface area contributed by atoms with Crippen LogP contribution in [0.15, 0.2) is 56.8 Å². The van der Waals surface area contributed by atoms with Crippen LogP contribution in [0.4, 0.5) is 5.95 Å². The molecule has 160 valence electrons. The van der Waals surface area contributed by atoms with Gasteiger partial charge in [-0.15, -0.1) is 10.2 Å². The molecule has 0 aliphatic carbocycles. The molecule has 0 radical (unpaired) electrons. The van der Waals surface area contributed by atoms with Crippen LogP contribution in [0.5, 0.6) is 0 Å². The summed E-state index contributed by atoms with van der Waals surface area (Å²) in [5.74, 6) is 3.31. The Bertz CT molecular complexity index is 1120. The Hall–Kier alpha value is -3.11. The highest BCUT2D eigenvalue weighted by molar-refractivity contribution is 7.98. The Morgan fingerprint density at radius 3 is 2.68 bits per heavy atom. The molecule has 31 heavy (non-hydrogen) atoms. The highest BCUT2D eigenvalue weighted by atomic mass is 32.2. The predicted octanol–water partition coefficient (Wildman–Crippen LogP) is 3.41. The van der Waals surface area contributed by atoms with E-state index in [1.165, 1.54) is 17.3 Å². The summed E-state index contributed by atoms with van der Waals surface area (Å²) in [7, 11) is 0. The molecule has 1 aliphatic heterocycles. The molecule has 5 rings (SSSR count). The summed E-state index contributed by atoms with van der Waals surface area (Å²) in [5, 5.41) is 13.8. The van der Waals surface area contributed by atoms with Crippen molar-refractivity contribution < 1.29 is 13.7 Å². The van der Waals surface area contributed by atoms with E-state index < -0.39 is 0 Å². The number of ether oxygens (including phenoxy) is 1. The fourth-order valence-corrected chi connectivity index (χ4v) is 4.11. The summed E-state index contributed by atoms with van der Waals surface area (Å²) in [6, 6.07) is 11.8. The molecule has 1 aliphatic rings. The fourth-order valence-electron chi connectivity index (χ4n) is 3.34. The van der Waals surface area contributed by atoms with Crippen LogP contribution in [0.25, 0.3) is 11.5 Å². The van der Waals surface area contributed by atoms with Gasteiger partial charge in [0.15, 0.2) is 11.0 Å². The van der Waals surface area contributed by atoms with Gasteiger partial charge in [-0.2, -0.15) is 4.98 Å². The van der Waals surface area contributed by atoms with E-state index in [1.54, 1.807) is 6.26 Å². The molecule has 10 heteroatoms. The Morgan fingerprint density at radius 1 is 1.06 bits per heavy atom. The van der Waals surface area contributed by atoms with E-state index in [4.69, 9.17) is 13.7 Å². The lowest BCUT2D eigenvalue weighted by molar-refractivity contribution is 0.121. The standard InChI is InChI=1S/C21H22N6O3S/c1-15-4-6-16(7-5-15)19-22-18(25-30-19)14-31-21-24-23-20(26-8-11-28-12-9-26)27(21)13-17-3-2-10-29-17/h2-7,10H,8-9,11-14H2,1H3. The van der Waals surface area contributed by atoms with Crippen molar-refractivity contribution >= 4 is 17.7 Å². The number of aromatic nitrogens is 5. The molecular formula is C21H22N6O3S. The molecule has 0 bridgehead atoms. The first-order valence-electron chi connectivity index (χ1n) is 10.1. The third-order valence-electron chi connectivity index (χ3n) is 4.98. The van der Waals surface area contributed by atoms with Gasteiger partial charge in [-0.25, -0.2) is 0 Å². The SMILES string of the molecule is Cc1ccc(-c2nc(CSc3nnc(N4CCOCC4)n3Cc3ccco3)no2)cc1. The first kappa shape index (κ1) is 19.8. The largest absolute Gasteiger partial charge is 0.467 e. The second-order valence-corrected chi connectivity index (χ2v) is 8.16. The maximum Gasteiger partial charge on any atom is 0.257 e. The van der Waals surface area contributed by atoms with Crippen LogP contribution < -0.4 is 4.90 Å². The van der Waals surface area contributed by atoms with Gasteiger partial charge in [-0.3, -0.25) is 4.57 Å². The van der Waals surface area contributed by atoms with Gasteiger partial charge in [0.25, 0.3) is 5.89 Å². The van der Waals surface area contributed by atoms with Gasteiger partial charge in [-0.1, -0.05) is 34.6 Å². The third-order valence-corrected chi connectivity index (χ3v) is 5.95. The van der Waals surface area contributed by atoms with E-state index in [0.717, 1.165) is 35.5 Å². The number of morpholine rings is 1. The number of rotatable bonds is 7. The maximum atomic E-state index is 5.56. The van der Waals surface area contributed by atoms with Gasteiger partial charge >= 0.3 is 0 Å². The Kier molecular flexibility index (Phi) is 5.72. The van der Waals surface area contributed by atoms with Gasteiger partial charge < -0.3 is 18.6 Å². The molecule has 9 nitrogen and oxygen atoms in total. The minimum atomic E-state index is 0.515. The molecule has 0 amide bonds. The number of hydrogen-bond acceptors (Lipinski definition) is 9. The number of nitrogens with zero attached hydrogens (tertiary/aromatic N) is 6. The lowest BCUT2D eigenvalue weighted by Crippen LogP contribution is -2.38. The van der Waals surface area contributed by atoms with Gasteiger partial charge in [-0.05, 0) is 31.2 Å². The summed E-state index contributed by atoms with van der Waals surface area (Å²) >= 11 is 1.52. The van der Waals surface area contributed by atoms with Gasteiger partial charge in [0.2, 0.25) is 5.95 Å². The van der Waals surface area contributed by atoms with Crippen LogP contribution in [-0.2, 0) is 17.0 Å². The molecule has 0 unspecified atom stereocenters. The maximum absolute atomic E-state index is 5.56. The monoisotopic (exact) mass is 438 g/mol. The molecule has 0 N–H and O–H groups in total. The topological polar surface area (TPSA) is 95.2 Å². The van der Waals surface area contributed by atoms with Crippen molar-refractivity contribution in [1.82, 2.24) is 24.9 Å². The normalized spacial score (nSPS) is 14.3. The molecular weight excluding hydrogens is 416 g/mol. The second kappa shape index (κ2) is 8.94. The van der Waals surface area contributed by atoms with E-state index in [9.17, 15) is 0 Å². The van der Waals surface area contributed by atoms with Crippen molar-refractivity contribution in [1.29, 1.82) is 0 Å². The quantitative estimate of drug-likeness (QED) is 0.402. The van der Waals surface area contributed by atoms with E-state index >= 15 is 0 Å². The summed E-state index contributed by atoms with van der Waals surface area (Å²) in [6.07, 6.45) is 1.67. The summed E-state index contributed by atoms with van der Waals surface area (Å²) < 4.78 is 18.5. The summed E-state index contributed by atoms with van der Waals surface area (Å²) in [6.45, 7) is 5.53. The first-order chi connectivity index (χ1) is 15.3. The van der Waals surface area contributed by atoms with Crippen molar-refractivity contribution in [3.05, 3.63) is 59.8 Å². The van der Waals surface area contributed by atoms with E-state index in [-0.39, 0.29) is 0 Å². The highest BCUT2D eigenvalue weighted by Gasteiger charge is 2.22.